The molecule has 0 saturated carbocycles. The zero-order valence-corrected chi connectivity index (χ0v) is 11.9. The van der Waals surface area contributed by atoms with E-state index in [0.29, 0.717) is 5.02 Å². The van der Waals surface area contributed by atoms with E-state index in [1.165, 1.54) is 0 Å². The molecule has 0 fully saturated rings. The van der Waals surface area contributed by atoms with Crippen LogP contribution in [0.3, 0.4) is 0 Å². The SMILES string of the molecule is CNCc1nnc(SCCn2cc(Cl)cn2)n1C. The molecule has 8 heteroatoms. The van der Waals surface area contributed by atoms with Crippen LogP contribution in [-0.2, 0) is 20.1 Å². The second kappa shape index (κ2) is 6.21. The Labute approximate surface area is 115 Å². The maximum atomic E-state index is 5.80. The second-order valence-electron chi connectivity index (χ2n) is 3.76. The topological polar surface area (TPSA) is 60.6 Å². The van der Waals surface area contributed by atoms with Crippen LogP contribution in [0.4, 0.5) is 0 Å². The minimum Gasteiger partial charge on any atom is -0.313 e. The fraction of sp³-hybridized carbons (Fsp3) is 0.500. The van der Waals surface area contributed by atoms with Gasteiger partial charge in [0.15, 0.2) is 5.16 Å². The summed E-state index contributed by atoms with van der Waals surface area (Å²) in [6.07, 6.45) is 3.45. The van der Waals surface area contributed by atoms with Gasteiger partial charge in [0.25, 0.3) is 0 Å². The van der Waals surface area contributed by atoms with E-state index < -0.39 is 0 Å². The first-order chi connectivity index (χ1) is 8.70. The number of aryl methyl sites for hydroxylation is 1. The monoisotopic (exact) mass is 286 g/mol. The minimum atomic E-state index is 0.662. The van der Waals surface area contributed by atoms with E-state index in [9.17, 15) is 0 Å². The molecule has 0 radical (unpaired) electrons. The van der Waals surface area contributed by atoms with Crippen molar-refractivity contribution in [1.29, 1.82) is 0 Å². The number of halogens is 1. The molecule has 0 aliphatic carbocycles. The molecular weight excluding hydrogens is 272 g/mol. The Morgan fingerprint density at radius 2 is 2.28 bits per heavy atom. The molecule has 0 bridgehead atoms. The van der Waals surface area contributed by atoms with Crippen LogP contribution >= 0.6 is 23.4 Å². The first kappa shape index (κ1) is 13.4. The van der Waals surface area contributed by atoms with Gasteiger partial charge in [-0.3, -0.25) is 4.68 Å². The summed E-state index contributed by atoms with van der Waals surface area (Å²) in [6, 6.07) is 0. The summed E-state index contributed by atoms with van der Waals surface area (Å²) in [5.41, 5.74) is 0. The Kier molecular flexibility index (Phi) is 4.62. The van der Waals surface area contributed by atoms with Gasteiger partial charge in [0.2, 0.25) is 0 Å². The van der Waals surface area contributed by atoms with Gasteiger partial charge in [-0.2, -0.15) is 5.10 Å². The molecule has 2 aromatic rings. The highest BCUT2D eigenvalue weighted by Gasteiger charge is 2.08. The third-order valence-corrected chi connectivity index (χ3v) is 3.61. The van der Waals surface area contributed by atoms with E-state index in [-0.39, 0.29) is 0 Å². The molecule has 2 aromatic heterocycles. The first-order valence-corrected chi connectivity index (χ1v) is 6.90. The largest absolute Gasteiger partial charge is 0.313 e. The molecule has 18 heavy (non-hydrogen) atoms. The van der Waals surface area contributed by atoms with Gasteiger partial charge in [0, 0.05) is 19.0 Å². The Hall–Kier alpha value is -1.05. The summed E-state index contributed by atoms with van der Waals surface area (Å²) in [5.74, 6) is 1.81. The lowest BCUT2D eigenvalue weighted by Crippen LogP contribution is -2.10. The summed E-state index contributed by atoms with van der Waals surface area (Å²) in [4.78, 5) is 0. The van der Waals surface area contributed by atoms with Crippen LogP contribution in [0.25, 0.3) is 0 Å². The van der Waals surface area contributed by atoms with Crippen molar-refractivity contribution >= 4 is 23.4 Å². The predicted molar refractivity (Wildman–Crippen MR) is 71.7 cm³/mol. The average Bonchev–Trinajstić information content (AvgIpc) is 2.90. The molecule has 0 aromatic carbocycles. The Morgan fingerprint density at radius 3 is 2.94 bits per heavy atom. The predicted octanol–water partition coefficient (Wildman–Crippen LogP) is 1.18. The Balaban J connectivity index is 1.86. The summed E-state index contributed by atoms with van der Waals surface area (Å²) in [7, 11) is 3.86. The summed E-state index contributed by atoms with van der Waals surface area (Å²) >= 11 is 7.45. The van der Waals surface area contributed by atoms with Crippen LogP contribution in [0.1, 0.15) is 5.82 Å². The fourth-order valence-electron chi connectivity index (χ4n) is 1.47. The highest BCUT2D eigenvalue weighted by atomic mass is 35.5. The van der Waals surface area contributed by atoms with E-state index >= 15 is 0 Å². The molecule has 2 rings (SSSR count). The van der Waals surface area contributed by atoms with Crippen LogP contribution in [0.2, 0.25) is 5.02 Å². The van der Waals surface area contributed by atoms with E-state index in [1.54, 1.807) is 18.0 Å². The normalized spacial score (nSPS) is 11.1. The zero-order chi connectivity index (χ0) is 13.0. The van der Waals surface area contributed by atoms with Crippen molar-refractivity contribution in [3.63, 3.8) is 0 Å². The molecule has 0 aliphatic heterocycles. The molecule has 0 atom stereocenters. The van der Waals surface area contributed by atoms with Gasteiger partial charge in [-0.05, 0) is 7.05 Å². The molecular formula is C10H15ClN6S. The second-order valence-corrected chi connectivity index (χ2v) is 5.26. The molecule has 0 amide bonds. The average molecular weight is 287 g/mol. The van der Waals surface area contributed by atoms with E-state index in [4.69, 9.17) is 11.6 Å². The lowest BCUT2D eigenvalue weighted by atomic mass is 10.6. The van der Waals surface area contributed by atoms with Gasteiger partial charge in [0.05, 0.1) is 24.3 Å². The van der Waals surface area contributed by atoms with E-state index in [1.807, 2.05) is 29.5 Å². The molecule has 98 valence electrons. The lowest BCUT2D eigenvalue weighted by molar-refractivity contribution is 0.661. The van der Waals surface area contributed by atoms with Crippen LogP contribution in [0.5, 0.6) is 0 Å². The Bertz CT molecular complexity index is 508. The van der Waals surface area contributed by atoms with Gasteiger partial charge in [-0.1, -0.05) is 23.4 Å². The van der Waals surface area contributed by atoms with E-state index in [0.717, 1.165) is 29.8 Å². The maximum Gasteiger partial charge on any atom is 0.191 e. The molecule has 0 aliphatic rings. The number of hydrogen-bond donors (Lipinski definition) is 1. The highest BCUT2D eigenvalue weighted by Crippen LogP contribution is 2.16. The third-order valence-electron chi connectivity index (χ3n) is 2.41. The number of rotatable bonds is 6. The third kappa shape index (κ3) is 3.24. The molecule has 0 spiro atoms. The molecule has 0 unspecified atom stereocenters. The zero-order valence-electron chi connectivity index (χ0n) is 10.3. The highest BCUT2D eigenvalue weighted by molar-refractivity contribution is 7.99. The van der Waals surface area contributed by atoms with Crippen molar-refractivity contribution in [3.8, 4) is 0 Å². The standard InChI is InChI=1S/C10H15ClN6S/c1-12-6-9-14-15-10(16(9)2)18-4-3-17-7-8(11)5-13-17/h5,7,12H,3-4,6H2,1-2H3. The number of nitrogens with one attached hydrogen (secondary N) is 1. The van der Waals surface area contributed by atoms with Crippen molar-refractivity contribution in [2.75, 3.05) is 12.8 Å². The fourth-order valence-corrected chi connectivity index (χ4v) is 2.49. The van der Waals surface area contributed by atoms with Gasteiger partial charge >= 0.3 is 0 Å². The number of nitrogens with zero attached hydrogens (tertiary/aromatic N) is 5. The van der Waals surface area contributed by atoms with Gasteiger partial charge in [-0.15, -0.1) is 10.2 Å². The summed E-state index contributed by atoms with van der Waals surface area (Å²) in [5, 5.41) is 17.0. The van der Waals surface area contributed by atoms with Crippen molar-refractivity contribution in [1.82, 2.24) is 29.9 Å². The maximum absolute atomic E-state index is 5.80. The molecule has 0 saturated heterocycles. The van der Waals surface area contributed by atoms with Gasteiger partial charge in [0.1, 0.15) is 5.82 Å². The van der Waals surface area contributed by atoms with E-state index in [2.05, 4.69) is 20.6 Å². The lowest BCUT2D eigenvalue weighted by Gasteiger charge is -2.03. The summed E-state index contributed by atoms with van der Waals surface area (Å²) < 4.78 is 3.82. The van der Waals surface area contributed by atoms with Crippen molar-refractivity contribution in [2.45, 2.75) is 18.2 Å². The van der Waals surface area contributed by atoms with Gasteiger partial charge < -0.3 is 9.88 Å². The smallest absolute Gasteiger partial charge is 0.191 e. The quantitative estimate of drug-likeness (QED) is 0.808. The van der Waals surface area contributed by atoms with Crippen LogP contribution in [-0.4, -0.2) is 37.3 Å². The minimum absolute atomic E-state index is 0.662. The molecule has 2 heterocycles. The van der Waals surface area contributed by atoms with Crippen LogP contribution in [0, 0.1) is 0 Å². The number of hydrogen-bond acceptors (Lipinski definition) is 5. The molecule has 1 N–H and O–H groups in total. The van der Waals surface area contributed by atoms with Crippen molar-refractivity contribution < 1.29 is 0 Å². The first-order valence-electron chi connectivity index (χ1n) is 5.54. The van der Waals surface area contributed by atoms with Gasteiger partial charge in [-0.25, -0.2) is 0 Å². The Morgan fingerprint density at radius 1 is 1.44 bits per heavy atom. The summed E-state index contributed by atoms with van der Waals surface area (Å²) in [6.45, 7) is 1.52. The van der Waals surface area contributed by atoms with Crippen LogP contribution in [0.15, 0.2) is 17.6 Å². The number of thioether (sulfide) groups is 1. The molecule has 6 nitrogen and oxygen atoms in total. The van der Waals surface area contributed by atoms with Crippen molar-refractivity contribution in [3.05, 3.63) is 23.2 Å². The number of aromatic nitrogens is 5. The van der Waals surface area contributed by atoms with Crippen molar-refractivity contribution in [2.24, 2.45) is 7.05 Å². The van der Waals surface area contributed by atoms with Crippen LogP contribution < -0.4 is 5.32 Å².